The minimum atomic E-state index is -4.72. The Labute approximate surface area is 165 Å². The van der Waals surface area contributed by atoms with E-state index < -0.39 is 27.7 Å². The molecule has 1 aromatic carbocycles. The van der Waals surface area contributed by atoms with Crippen LogP contribution in [0.2, 0.25) is 0 Å². The van der Waals surface area contributed by atoms with Crippen molar-refractivity contribution in [3.8, 4) is 0 Å². The molecule has 150 valence electrons. The Morgan fingerprint density at radius 1 is 1.11 bits per heavy atom. The van der Waals surface area contributed by atoms with E-state index in [1.54, 1.807) is 37.3 Å². The Morgan fingerprint density at radius 2 is 1.63 bits per heavy atom. The highest BCUT2D eigenvalue weighted by atomic mass is 35.5. The van der Waals surface area contributed by atoms with Gasteiger partial charge in [-0.05, 0) is 60.2 Å². The molecule has 1 atom stereocenters. The molecule has 0 heterocycles. The number of hydrogen-bond acceptors (Lipinski definition) is 3. The smallest absolute Gasteiger partial charge is 0.357 e. The molecule has 0 fully saturated rings. The molecule has 0 amide bonds. The molecule has 1 aromatic rings. The van der Waals surface area contributed by atoms with Crippen LogP contribution >= 0.6 is 23.2 Å². The SMILES string of the molecule is CC1=C/C(=N/Nc2ccccc2)[C@H](C(O)(C(F)(F)Cl)C(F)(F)Cl)C(C)(C)C1. The zero-order chi connectivity index (χ0) is 20.7. The van der Waals surface area contributed by atoms with Crippen LogP contribution in [-0.4, -0.2) is 27.2 Å². The molecule has 0 radical (unpaired) electrons. The summed E-state index contributed by atoms with van der Waals surface area (Å²) in [6, 6.07) is 8.49. The summed E-state index contributed by atoms with van der Waals surface area (Å²) >= 11 is 9.92. The molecule has 2 rings (SSSR count). The molecule has 1 aliphatic rings. The van der Waals surface area contributed by atoms with Gasteiger partial charge in [0.25, 0.3) is 0 Å². The zero-order valence-electron chi connectivity index (χ0n) is 14.9. The monoisotopic (exact) mass is 426 g/mol. The van der Waals surface area contributed by atoms with Crippen LogP contribution in [0.15, 0.2) is 47.1 Å². The quantitative estimate of drug-likeness (QED) is 0.352. The normalized spacial score (nSPS) is 22.5. The molecule has 0 bridgehead atoms. The molecule has 0 unspecified atom stereocenters. The maximum atomic E-state index is 14.1. The molecule has 9 heteroatoms. The van der Waals surface area contributed by atoms with Crippen molar-refractivity contribution in [1.82, 2.24) is 0 Å². The lowest BCUT2D eigenvalue weighted by molar-refractivity contribution is -0.246. The van der Waals surface area contributed by atoms with Crippen LogP contribution in [0.3, 0.4) is 0 Å². The number of rotatable bonds is 5. The van der Waals surface area contributed by atoms with Gasteiger partial charge in [-0.1, -0.05) is 37.6 Å². The Hall–Kier alpha value is -1.31. The number of halogens is 6. The fraction of sp³-hybridized carbons (Fsp3) is 0.500. The molecule has 0 saturated carbocycles. The lowest BCUT2D eigenvalue weighted by Crippen LogP contribution is -2.66. The van der Waals surface area contributed by atoms with E-state index in [-0.39, 0.29) is 12.1 Å². The van der Waals surface area contributed by atoms with Gasteiger partial charge in [0, 0.05) is 0 Å². The second kappa shape index (κ2) is 7.26. The molecule has 0 aromatic heterocycles. The van der Waals surface area contributed by atoms with E-state index in [1.165, 1.54) is 19.9 Å². The van der Waals surface area contributed by atoms with Gasteiger partial charge >= 0.3 is 10.8 Å². The number of hydrogen-bond donors (Lipinski definition) is 2. The number of allylic oxidation sites excluding steroid dienone is 2. The second-order valence-electron chi connectivity index (χ2n) is 7.37. The number of anilines is 1. The van der Waals surface area contributed by atoms with Crippen molar-refractivity contribution in [1.29, 1.82) is 0 Å². The zero-order valence-corrected chi connectivity index (χ0v) is 16.4. The minimum absolute atomic E-state index is 0.171. The standard InChI is InChI=1S/C18H20Cl2F4N2O/c1-11-9-13(26-25-12-7-5-4-6-8-12)14(15(2,3)10-11)16(27,17(19,21)22)18(20,23)24/h4-9,14,25,27H,10H2,1-3H3/b26-13-/t14-/m0/s1. The van der Waals surface area contributed by atoms with Crippen LogP contribution in [-0.2, 0) is 0 Å². The highest BCUT2D eigenvalue weighted by molar-refractivity contribution is 6.27. The summed E-state index contributed by atoms with van der Waals surface area (Å²) in [5, 5.41) is 5.09. The third kappa shape index (κ3) is 4.25. The van der Waals surface area contributed by atoms with Gasteiger partial charge in [0.2, 0.25) is 5.60 Å². The third-order valence-corrected chi connectivity index (χ3v) is 5.15. The van der Waals surface area contributed by atoms with Crippen LogP contribution in [0, 0.1) is 11.3 Å². The number of alkyl halides is 6. The summed E-state index contributed by atoms with van der Waals surface area (Å²) in [5.41, 5.74) is -1.63. The number of para-hydroxylation sites is 1. The molecule has 27 heavy (non-hydrogen) atoms. The predicted octanol–water partition coefficient (Wildman–Crippen LogP) is 5.84. The minimum Gasteiger partial charge on any atom is -0.376 e. The van der Waals surface area contributed by atoms with Gasteiger partial charge in [-0.2, -0.15) is 22.7 Å². The molecular formula is C18H20Cl2F4N2O. The third-order valence-electron chi connectivity index (χ3n) is 4.58. The molecule has 0 saturated heterocycles. The van der Waals surface area contributed by atoms with E-state index in [9.17, 15) is 22.7 Å². The number of hydrazone groups is 1. The molecule has 2 N–H and O–H groups in total. The van der Waals surface area contributed by atoms with Crippen molar-refractivity contribution in [3.63, 3.8) is 0 Å². The number of nitrogens with one attached hydrogen (secondary N) is 1. The van der Waals surface area contributed by atoms with Crippen molar-refractivity contribution in [3.05, 3.63) is 42.0 Å². The van der Waals surface area contributed by atoms with E-state index >= 15 is 0 Å². The summed E-state index contributed by atoms with van der Waals surface area (Å²) in [4.78, 5) is 0. The van der Waals surface area contributed by atoms with Gasteiger partial charge in [0.05, 0.1) is 17.3 Å². The molecule has 0 aliphatic heterocycles. The molecule has 3 nitrogen and oxygen atoms in total. The summed E-state index contributed by atoms with van der Waals surface area (Å²) in [7, 11) is 0. The largest absolute Gasteiger partial charge is 0.376 e. The van der Waals surface area contributed by atoms with E-state index in [0.29, 0.717) is 5.69 Å². The Balaban J connectivity index is 2.63. The van der Waals surface area contributed by atoms with Gasteiger partial charge in [0.15, 0.2) is 0 Å². The van der Waals surface area contributed by atoms with Gasteiger partial charge in [-0.25, -0.2) is 0 Å². The molecule has 0 spiro atoms. The summed E-state index contributed by atoms with van der Waals surface area (Å²) in [6.07, 6.45) is 1.55. The summed E-state index contributed by atoms with van der Waals surface area (Å²) < 4.78 is 56.3. The van der Waals surface area contributed by atoms with Gasteiger partial charge in [0.1, 0.15) is 0 Å². The average molecular weight is 427 g/mol. The topological polar surface area (TPSA) is 44.6 Å². The fourth-order valence-electron chi connectivity index (χ4n) is 3.61. The first-order valence-corrected chi connectivity index (χ1v) is 8.87. The lowest BCUT2D eigenvalue weighted by Gasteiger charge is -2.49. The van der Waals surface area contributed by atoms with E-state index in [0.717, 1.165) is 5.57 Å². The van der Waals surface area contributed by atoms with Crippen molar-refractivity contribution in [2.75, 3.05) is 5.43 Å². The predicted molar refractivity (Wildman–Crippen MR) is 99.7 cm³/mol. The highest BCUT2D eigenvalue weighted by Gasteiger charge is 2.73. The Bertz CT molecular complexity index is 726. The summed E-state index contributed by atoms with van der Waals surface area (Å²) in [6.45, 7) is 4.66. The average Bonchev–Trinajstić information content (AvgIpc) is 2.49. The van der Waals surface area contributed by atoms with Crippen molar-refractivity contribution >= 4 is 34.6 Å². The van der Waals surface area contributed by atoms with Gasteiger partial charge in [-0.3, -0.25) is 5.43 Å². The van der Waals surface area contributed by atoms with Crippen LogP contribution < -0.4 is 5.43 Å². The van der Waals surface area contributed by atoms with Crippen LogP contribution in [0.5, 0.6) is 0 Å². The molecule has 1 aliphatic carbocycles. The van der Waals surface area contributed by atoms with Crippen LogP contribution in [0.1, 0.15) is 27.2 Å². The maximum Gasteiger partial charge on any atom is 0.357 e. The van der Waals surface area contributed by atoms with E-state index in [4.69, 9.17) is 23.2 Å². The first-order valence-electron chi connectivity index (χ1n) is 8.12. The van der Waals surface area contributed by atoms with Crippen LogP contribution in [0.4, 0.5) is 23.2 Å². The highest BCUT2D eigenvalue weighted by Crippen LogP contribution is 2.57. The Morgan fingerprint density at radius 3 is 2.11 bits per heavy atom. The van der Waals surface area contributed by atoms with Crippen molar-refractivity contribution < 1.29 is 22.7 Å². The first kappa shape index (κ1) is 22.0. The van der Waals surface area contributed by atoms with Crippen LogP contribution in [0.25, 0.3) is 0 Å². The number of benzene rings is 1. The fourth-order valence-corrected chi connectivity index (χ4v) is 4.12. The van der Waals surface area contributed by atoms with Gasteiger partial charge < -0.3 is 5.11 Å². The first-order chi connectivity index (χ1) is 12.2. The maximum absolute atomic E-state index is 14.1. The number of aliphatic hydroxyl groups is 1. The van der Waals surface area contributed by atoms with E-state index in [2.05, 4.69) is 10.5 Å². The Kier molecular flexibility index (Phi) is 5.91. The van der Waals surface area contributed by atoms with Gasteiger partial charge in [-0.15, -0.1) is 0 Å². The molecular weight excluding hydrogens is 407 g/mol. The number of nitrogens with zero attached hydrogens (tertiary/aromatic N) is 1. The second-order valence-corrected chi connectivity index (χ2v) is 8.31. The van der Waals surface area contributed by atoms with E-state index in [1.807, 2.05) is 0 Å². The van der Waals surface area contributed by atoms with Crippen molar-refractivity contribution in [2.45, 2.75) is 43.6 Å². The lowest BCUT2D eigenvalue weighted by atomic mass is 9.61. The summed E-state index contributed by atoms with van der Waals surface area (Å²) in [5.74, 6) is -1.86. The van der Waals surface area contributed by atoms with Crippen molar-refractivity contribution in [2.24, 2.45) is 16.4 Å².